The van der Waals surface area contributed by atoms with Gasteiger partial charge in [0.1, 0.15) is 5.00 Å². The van der Waals surface area contributed by atoms with E-state index in [1.165, 1.54) is 17.8 Å². The van der Waals surface area contributed by atoms with Gasteiger partial charge in [-0.3, -0.25) is 9.59 Å². The summed E-state index contributed by atoms with van der Waals surface area (Å²) in [5, 5.41) is 20.3. The molecule has 0 unspecified atom stereocenters. The van der Waals surface area contributed by atoms with Gasteiger partial charge < -0.3 is 20.8 Å². The lowest BCUT2D eigenvalue weighted by atomic mass is 9.89. The number of hydrogen-bond donors (Lipinski definition) is 4. The third kappa shape index (κ3) is 7.75. The fourth-order valence-electron chi connectivity index (χ4n) is 3.07. The van der Waals surface area contributed by atoms with Gasteiger partial charge in [-0.2, -0.15) is 0 Å². The molecular formula is C20H23ClN2O5S. The van der Waals surface area contributed by atoms with Gasteiger partial charge in [0.15, 0.2) is 0 Å². The van der Waals surface area contributed by atoms with Gasteiger partial charge >= 0.3 is 6.16 Å². The SMILES string of the molecule is O=C(NCc1ccccc1)c1cc(Cl)sc1NC(=O)C1CCCCC1.O=C(O)O. The Morgan fingerprint density at radius 2 is 1.69 bits per heavy atom. The van der Waals surface area contributed by atoms with Crippen molar-refractivity contribution in [2.75, 3.05) is 5.32 Å². The van der Waals surface area contributed by atoms with E-state index in [2.05, 4.69) is 10.6 Å². The molecule has 0 spiro atoms. The van der Waals surface area contributed by atoms with E-state index in [0.29, 0.717) is 21.4 Å². The molecule has 4 N–H and O–H groups in total. The van der Waals surface area contributed by atoms with Gasteiger partial charge in [-0.05, 0) is 24.5 Å². The van der Waals surface area contributed by atoms with Crippen molar-refractivity contribution >= 4 is 45.9 Å². The van der Waals surface area contributed by atoms with Crippen molar-refractivity contribution in [3.63, 3.8) is 0 Å². The zero-order valence-electron chi connectivity index (χ0n) is 15.7. The fourth-order valence-corrected chi connectivity index (χ4v) is 4.20. The summed E-state index contributed by atoms with van der Waals surface area (Å²) < 4.78 is 0.490. The van der Waals surface area contributed by atoms with Gasteiger partial charge in [-0.25, -0.2) is 4.79 Å². The van der Waals surface area contributed by atoms with Crippen LogP contribution < -0.4 is 10.6 Å². The number of rotatable bonds is 5. The Morgan fingerprint density at radius 3 is 2.31 bits per heavy atom. The van der Waals surface area contributed by atoms with Crippen LogP contribution in [0, 0.1) is 5.92 Å². The Hall–Kier alpha value is -2.58. The second-order valence-electron chi connectivity index (χ2n) is 6.57. The van der Waals surface area contributed by atoms with Crippen LogP contribution in [-0.4, -0.2) is 28.2 Å². The Bertz CT molecular complexity index is 831. The molecule has 0 atom stereocenters. The maximum atomic E-state index is 12.5. The van der Waals surface area contributed by atoms with E-state index >= 15 is 0 Å². The van der Waals surface area contributed by atoms with Crippen LogP contribution in [-0.2, 0) is 11.3 Å². The van der Waals surface area contributed by atoms with Crippen LogP contribution in [0.5, 0.6) is 0 Å². The predicted octanol–water partition coefficient (Wildman–Crippen LogP) is 5.07. The lowest BCUT2D eigenvalue weighted by Crippen LogP contribution is -2.27. The minimum absolute atomic E-state index is 0.00433. The minimum atomic E-state index is -1.83. The molecule has 1 fully saturated rings. The number of carboxylic acid groups (broad SMARTS) is 2. The first-order chi connectivity index (χ1) is 13.9. The fraction of sp³-hybridized carbons (Fsp3) is 0.350. The molecule has 1 aliphatic rings. The molecule has 2 aromatic rings. The number of nitrogens with one attached hydrogen (secondary N) is 2. The van der Waals surface area contributed by atoms with Crippen molar-refractivity contribution in [1.82, 2.24) is 5.32 Å². The molecule has 1 aromatic carbocycles. The first-order valence-corrected chi connectivity index (χ1v) is 10.4. The first-order valence-electron chi connectivity index (χ1n) is 9.21. The number of benzene rings is 1. The van der Waals surface area contributed by atoms with E-state index in [1.807, 2.05) is 30.3 Å². The molecule has 0 radical (unpaired) electrons. The smallest absolute Gasteiger partial charge is 0.450 e. The van der Waals surface area contributed by atoms with Gasteiger partial charge in [0.25, 0.3) is 5.91 Å². The summed E-state index contributed by atoms with van der Waals surface area (Å²) in [5.41, 5.74) is 1.44. The summed E-state index contributed by atoms with van der Waals surface area (Å²) in [6.07, 6.45) is 3.38. The molecule has 3 rings (SSSR count). The highest BCUT2D eigenvalue weighted by atomic mass is 35.5. The Morgan fingerprint density at radius 1 is 1.07 bits per heavy atom. The monoisotopic (exact) mass is 438 g/mol. The number of anilines is 1. The van der Waals surface area contributed by atoms with E-state index in [-0.39, 0.29) is 17.7 Å². The van der Waals surface area contributed by atoms with Crippen molar-refractivity contribution in [2.45, 2.75) is 38.6 Å². The highest BCUT2D eigenvalue weighted by Crippen LogP contribution is 2.33. The number of carbonyl (C=O) groups is 3. The van der Waals surface area contributed by atoms with Crippen molar-refractivity contribution in [2.24, 2.45) is 5.92 Å². The van der Waals surface area contributed by atoms with Gasteiger partial charge in [0.2, 0.25) is 5.91 Å². The molecule has 1 aliphatic carbocycles. The Kier molecular flexibility index (Phi) is 8.95. The van der Waals surface area contributed by atoms with Crippen LogP contribution in [0.25, 0.3) is 0 Å². The van der Waals surface area contributed by atoms with Crippen molar-refractivity contribution in [3.8, 4) is 0 Å². The van der Waals surface area contributed by atoms with E-state index in [4.69, 9.17) is 26.6 Å². The summed E-state index contributed by atoms with van der Waals surface area (Å²) in [6.45, 7) is 0.434. The summed E-state index contributed by atoms with van der Waals surface area (Å²) in [4.78, 5) is 33.5. The third-order valence-corrected chi connectivity index (χ3v) is 5.63. The normalized spacial score (nSPS) is 13.7. The number of halogens is 1. The number of amides is 2. The Balaban J connectivity index is 0.000000687. The highest BCUT2D eigenvalue weighted by Gasteiger charge is 2.24. The average Bonchev–Trinajstić information content (AvgIpc) is 3.07. The molecular weight excluding hydrogens is 416 g/mol. The molecule has 1 heterocycles. The van der Waals surface area contributed by atoms with Gasteiger partial charge in [-0.15, -0.1) is 11.3 Å². The van der Waals surface area contributed by atoms with Crippen LogP contribution >= 0.6 is 22.9 Å². The maximum absolute atomic E-state index is 12.5. The van der Waals surface area contributed by atoms with Crippen LogP contribution in [0.1, 0.15) is 48.0 Å². The van der Waals surface area contributed by atoms with Crippen molar-refractivity contribution < 1.29 is 24.6 Å². The summed E-state index contributed by atoms with van der Waals surface area (Å²) in [6, 6.07) is 11.3. The molecule has 2 amide bonds. The lowest BCUT2D eigenvalue weighted by molar-refractivity contribution is -0.120. The molecule has 1 saturated carbocycles. The summed E-state index contributed by atoms with van der Waals surface area (Å²) in [5.74, 6) is -0.198. The van der Waals surface area contributed by atoms with Crippen LogP contribution in [0.15, 0.2) is 36.4 Å². The standard InChI is InChI=1S/C19H21ClN2O2S.CH2O3/c20-16-11-15(18(24)21-12-13-7-3-1-4-8-13)19(25-16)22-17(23)14-9-5-2-6-10-14;2-1(3)4/h1,3-4,7-8,11,14H,2,5-6,9-10,12H2,(H,21,24)(H,22,23);(H2,2,3,4). The van der Waals surface area contributed by atoms with Crippen LogP contribution in [0.2, 0.25) is 4.34 Å². The van der Waals surface area contributed by atoms with Crippen LogP contribution in [0.4, 0.5) is 9.80 Å². The quantitative estimate of drug-likeness (QED) is 0.520. The average molecular weight is 439 g/mol. The second-order valence-corrected chi connectivity index (χ2v) is 8.25. The second kappa shape index (κ2) is 11.4. The largest absolute Gasteiger partial charge is 0.503 e. The molecule has 156 valence electrons. The summed E-state index contributed by atoms with van der Waals surface area (Å²) >= 11 is 7.31. The lowest BCUT2D eigenvalue weighted by Gasteiger charge is -2.20. The van der Waals surface area contributed by atoms with E-state index in [0.717, 1.165) is 31.2 Å². The molecule has 9 heteroatoms. The zero-order chi connectivity index (χ0) is 21.2. The Labute approximate surface area is 177 Å². The predicted molar refractivity (Wildman–Crippen MR) is 113 cm³/mol. The topological polar surface area (TPSA) is 116 Å². The third-order valence-electron chi connectivity index (χ3n) is 4.46. The molecule has 0 saturated heterocycles. The van der Waals surface area contributed by atoms with E-state index in [9.17, 15) is 9.59 Å². The van der Waals surface area contributed by atoms with Crippen LogP contribution in [0.3, 0.4) is 0 Å². The molecule has 0 bridgehead atoms. The number of hydrogen-bond acceptors (Lipinski definition) is 4. The van der Waals surface area contributed by atoms with Gasteiger partial charge in [-0.1, -0.05) is 61.2 Å². The van der Waals surface area contributed by atoms with Gasteiger partial charge in [0.05, 0.1) is 9.90 Å². The molecule has 1 aromatic heterocycles. The zero-order valence-corrected chi connectivity index (χ0v) is 17.3. The maximum Gasteiger partial charge on any atom is 0.503 e. The molecule has 0 aliphatic heterocycles. The van der Waals surface area contributed by atoms with Crippen molar-refractivity contribution in [1.29, 1.82) is 0 Å². The van der Waals surface area contributed by atoms with E-state index < -0.39 is 6.16 Å². The van der Waals surface area contributed by atoms with Crippen molar-refractivity contribution in [3.05, 3.63) is 51.9 Å². The highest BCUT2D eigenvalue weighted by molar-refractivity contribution is 7.20. The molecule has 7 nitrogen and oxygen atoms in total. The number of carbonyl (C=O) groups excluding carboxylic acids is 2. The van der Waals surface area contributed by atoms with E-state index in [1.54, 1.807) is 6.07 Å². The first kappa shape index (κ1) is 22.7. The summed E-state index contributed by atoms with van der Waals surface area (Å²) in [7, 11) is 0. The minimum Gasteiger partial charge on any atom is -0.450 e. The number of thiophene rings is 1. The molecule has 29 heavy (non-hydrogen) atoms. The van der Waals surface area contributed by atoms with Gasteiger partial charge in [0, 0.05) is 12.5 Å².